The molecule has 0 atom stereocenters. The van der Waals surface area contributed by atoms with E-state index in [1.807, 2.05) is 0 Å². The molecular weight excluding hydrogens is 325 g/mol. The van der Waals surface area contributed by atoms with E-state index >= 15 is 0 Å². The number of nitrogens with one attached hydrogen (secondary N) is 1. The highest BCUT2D eigenvalue weighted by Crippen LogP contribution is 2.34. The molecule has 0 saturated heterocycles. The molecule has 2 rings (SSSR count). The van der Waals surface area contributed by atoms with Gasteiger partial charge in [-0.2, -0.15) is 18.2 Å². The van der Waals surface area contributed by atoms with Gasteiger partial charge < -0.3 is 15.6 Å². The van der Waals surface area contributed by atoms with Crippen LogP contribution in [0.15, 0.2) is 33.7 Å². The van der Waals surface area contributed by atoms with Gasteiger partial charge in [-0.25, -0.2) is 8.42 Å². The second-order valence-corrected chi connectivity index (χ2v) is 6.08. The van der Waals surface area contributed by atoms with E-state index in [9.17, 15) is 21.6 Å². The molecule has 1 aromatic heterocycles. The van der Waals surface area contributed by atoms with Crippen LogP contribution in [0.1, 0.15) is 5.89 Å². The number of anilines is 2. The van der Waals surface area contributed by atoms with Crippen molar-refractivity contribution in [2.24, 2.45) is 0 Å². The van der Waals surface area contributed by atoms with Gasteiger partial charge in [0.25, 0.3) is 15.8 Å². The third-order valence-corrected chi connectivity index (χ3v) is 4.16. The zero-order valence-corrected chi connectivity index (χ0v) is 11.8. The van der Waals surface area contributed by atoms with Crippen LogP contribution in [0.25, 0.3) is 0 Å². The van der Waals surface area contributed by atoms with Crippen LogP contribution in [0.5, 0.6) is 0 Å². The van der Waals surface area contributed by atoms with Gasteiger partial charge in [0.05, 0.1) is 10.6 Å². The molecule has 3 N–H and O–H groups in total. The van der Waals surface area contributed by atoms with Gasteiger partial charge in [-0.05, 0) is 17.3 Å². The lowest BCUT2D eigenvalue weighted by molar-refractivity contribution is -0.0435. The van der Waals surface area contributed by atoms with Crippen LogP contribution in [0.3, 0.4) is 0 Å². The lowest BCUT2D eigenvalue weighted by Gasteiger charge is -2.13. The van der Waals surface area contributed by atoms with Crippen LogP contribution in [-0.4, -0.2) is 30.6 Å². The number of nitrogens with two attached hydrogens (primary N) is 1. The highest BCUT2D eigenvalue weighted by Gasteiger charge is 2.47. The van der Waals surface area contributed by atoms with Crippen LogP contribution in [0.2, 0.25) is 0 Å². The largest absolute Gasteiger partial charge is 0.501 e. The fraction of sp³-hybridized carbons (Fsp3) is 0.273. The topological polar surface area (TPSA) is 111 Å². The number of halogens is 3. The fourth-order valence-corrected chi connectivity index (χ4v) is 2.58. The van der Waals surface area contributed by atoms with Crippen molar-refractivity contribution in [1.29, 1.82) is 0 Å². The average molecular weight is 336 g/mol. The number of hydrogen-bond acceptors (Lipinski definition) is 7. The molecular formula is C11H11F3N4O3S. The van der Waals surface area contributed by atoms with E-state index in [-0.39, 0.29) is 30.5 Å². The lowest BCUT2D eigenvalue weighted by atomic mass is 10.3. The van der Waals surface area contributed by atoms with Crippen molar-refractivity contribution in [2.75, 3.05) is 17.6 Å². The third-order valence-electron chi connectivity index (χ3n) is 2.62. The normalized spacial score (nSPS) is 12.3. The van der Waals surface area contributed by atoms with E-state index in [0.29, 0.717) is 0 Å². The number of nitrogens with zero attached hydrogens (tertiary/aromatic N) is 2. The first-order valence-electron chi connectivity index (χ1n) is 5.94. The molecule has 0 bridgehead atoms. The smallest absolute Gasteiger partial charge is 0.383 e. The van der Waals surface area contributed by atoms with Gasteiger partial charge in [0.2, 0.25) is 5.89 Å². The van der Waals surface area contributed by atoms with Crippen LogP contribution >= 0.6 is 0 Å². The first kappa shape index (κ1) is 16.1. The minimum atomic E-state index is -5.43. The minimum Gasteiger partial charge on any atom is -0.383 e. The standard InChI is InChI=1S/C11H11F3N4O3S/c12-11(13,14)22(19,20)8-4-2-1-3-7(8)16-6-5-9-17-10(15)18-21-9/h1-4,16H,5-6H2,(H2,15,18). The van der Waals surface area contributed by atoms with Crippen LogP contribution in [0.4, 0.5) is 24.8 Å². The second-order valence-electron chi connectivity index (χ2n) is 4.17. The summed E-state index contributed by atoms with van der Waals surface area (Å²) < 4.78 is 65.6. The van der Waals surface area contributed by atoms with Crippen LogP contribution in [0, 0.1) is 0 Å². The van der Waals surface area contributed by atoms with Crippen molar-refractivity contribution >= 4 is 21.5 Å². The summed E-state index contributed by atoms with van der Waals surface area (Å²) in [6, 6.07) is 4.75. The molecule has 0 amide bonds. The van der Waals surface area contributed by atoms with E-state index < -0.39 is 20.2 Å². The van der Waals surface area contributed by atoms with Gasteiger partial charge in [0.15, 0.2) is 0 Å². The molecule has 0 unspecified atom stereocenters. The van der Waals surface area contributed by atoms with Crippen molar-refractivity contribution in [3.63, 3.8) is 0 Å². The SMILES string of the molecule is Nc1noc(CCNc2ccccc2S(=O)(=O)C(F)(F)F)n1. The Morgan fingerprint density at radius 1 is 1.27 bits per heavy atom. The van der Waals surface area contributed by atoms with Crippen molar-refractivity contribution in [1.82, 2.24) is 10.1 Å². The molecule has 0 aliphatic heterocycles. The number of para-hydroxylation sites is 1. The molecule has 22 heavy (non-hydrogen) atoms. The Morgan fingerprint density at radius 3 is 2.55 bits per heavy atom. The average Bonchev–Trinajstić information content (AvgIpc) is 2.83. The number of hydrogen-bond donors (Lipinski definition) is 2. The quantitative estimate of drug-likeness (QED) is 0.853. The van der Waals surface area contributed by atoms with E-state index in [1.165, 1.54) is 18.2 Å². The van der Waals surface area contributed by atoms with Crippen LogP contribution in [-0.2, 0) is 16.3 Å². The summed E-state index contributed by atoms with van der Waals surface area (Å²) >= 11 is 0. The number of rotatable bonds is 5. The molecule has 1 aromatic carbocycles. The highest BCUT2D eigenvalue weighted by molar-refractivity contribution is 7.92. The van der Waals surface area contributed by atoms with Crippen molar-refractivity contribution in [2.45, 2.75) is 16.8 Å². The summed E-state index contributed by atoms with van der Waals surface area (Å²) in [5.74, 6) is 0.121. The Labute approximate surface area is 123 Å². The monoisotopic (exact) mass is 336 g/mol. The Kier molecular flexibility index (Phi) is 4.26. The Hall–Kier alpha value is -2.30. The number of benzene rings is 1. The molecule has 0 saturated carbocycles. The second kappa shape index (κ2) is 5.83. The van der Waals surface area contributed by atoms with Gasteiger partial charge in [0.1, 0.15) is 0 Å². The first-order chi connectivity index (χ1) is 10.2. The van der Waals surface area contributed by atoms with Crippen molar-refractivity contribution < 1.29 is 26.1 Å². The van der Waals surface area contributed by atoms with Gasteiger partial charge in [-0.15, -0.1) is 0 Å². The highest BCUT2D eigenvalue weighted by atomic mass is 32.2. The molecule has 1 heterocycles. The van der Waals surface area contributed by atoms with E-state index in [0.717, 1.165) is 6.07 Å². The Morgan fingerprint density at radius 2 is 1.95 bits per heavy atom. The molecule has 0 fully saturated rings. The summed E-state index contributed by atoms with van der Waals surface area (Å²) in [6.45, 7) is 0.0893. The number of nitrogen functional groups attached to an aromatic ring is 1. The zero-order chi connectivity index (χ0) is 16.4. The van der Waals surface area contributed by atoms with E-state index in [4.69, 9.17) is 10.3 Å². The summed E-state index contributed by atoms with van der Waals surface area (Å²) in [7, 11) is -5.43. The zero-order valence-electron chi connectivity index (χ0n) is 11.0. The predicted molar refractivity (Wildman–Crippen MR) is 70.6 cm³/mol. The molecule has 0 aliphatic rings. The lowest BCUT2D eigenvalue weighted by Crippen LogP contribution is -2.24. The summed E-state index contributed by atoms with van der Waals surface area (Å²) in [6.07, 6.45) is 0.171. The Balaban J connectivity index is 2.15. The molecule has 2 aromatic rings. The first-order valence-corrected chi connectivity index (χ1v) is 7.42. The third kappa shape index (κ3) is 3.30. The summed E-state index contributed by atoms with van der Waals surface area (Å²) in [5.41, 5.74) is -0.279. The van der Waals surface area contributed by atoms with Gasteiger partial charge in [-0.1, -0.05) is 12.1 Å². The Bertz CT molecular complexity index is 758. The molecule has 0 radical (unpaired) electrons. The number of aromatic nitrogens is 2. The van der Waals surface area contributed by atoms with Crippen molar-refractivity contribution in [3.05, 3.63) is 30.2 Å². The molecule has 7 nitrogen and oxygen atoms in total. The van der Waals surface area contributed by atoms with Crippen LogP contribution < -0.4 is 11.1 Å². The minimum absolute atomic E-state index is 0.0601. The molecule has 0 aliphatic carbocycles. The summed E-state index contributed by atoms with van der Waals surface area (Å²) in [5, 5.41) is 5.95. The van der Waals surface area contributed by atoms with E-state index in [1.54, 1.807) is 0 Å². The maximum Gasteiger partial charge on any atom is 0.501 e. The predicted octanol–water partition coefficient (Wildman–Crippen LogP) is 1.60. The van der Waals surface area contributed by atoms with Gasteiger partial charge >= 0.3 is 5.51 Å². The maximum atomic E-state index is 12.6. The maximum absolute atomic E-state index is 12.6. The number of alkyl halides is 3. The fourth-order valence-electron chi connectivity index (χ4n) is 1.65. The molecule has 120 valence electrons. The van der Waals surface area contributed by atoms with Crippen molar-refractivity contribution in [3.8, 4) is 0 Å². The molecule has 11 heteroatoms. The summed E-state index contributed by atoms with van der Waals surface area (Å²) in [4.78, 5) is 2.87. The van der Waals surface area contributed by atoms with E-state index in [2.05, 4.69) is 15.5 Å². The van der Waals surface area contributed by atoms with Gasteiger partial charge in [0, 0.05) is 13.0 Å². The number of sulfone groups is 1. The molecule has 0 spiro atoms. The van der Waals surface area contributed by atoms with Gasteiger partial charge in [-0.3, -0.25) is 0 Å².